The van der Waals surface area contributed by atoms with Gasteiger partial charge in [0.1, 0.15) is 0 Å². The van der Waals surface area contributed by atoms with E-state index in [0.29, 0.717) is 0 Å². The van der Waals surface area contributed by atoms with Crippen molar-refractivity contribution in [1.29, 1.82) is 0 Å². The average molecular weight is 258 g/mol. The number of fused-ring (bicyclic) bond motifs is 1. The maximum absolute atomic E-state index is 10.5. The maximum Gasteiger partial charge on any atom is 0.325 e. The second kappa shape index (κ2) is 3.08. The molecule has 0 fully saturated rings. The van der Waals surface area contributed by atoms with Crippen molar-refractivity contribution in [2.24, 2.45) is 0 Å². The van der Waals surface area contributed by atoms with E-state index in [4.69, 9.17) is 0 Å². The number of rotatable bonds is 1. The number of hydrogen-bond acceptors (Lipinski definition) is 3. The van der Waals surface area contributed by atoms with Crippen LogP contribution in [0.15, 0.2) is 28.7 Å². The monoisotopic (exact) mass is 257 g/mol. The number of benzene rings is 1. The molecule has 0 N–H and O–H groups in total. The molecule has 0 unspecified atom stereocenters. The Kier molecular flexibility index (Phi) is 2.05. The van der Waals surface area contributed by atoms with Crippen LogP contribution in [0, 0.1) is 10.1 Å². The molecular weight excluding hydrogens is 254 g/mol. The third kappa shape index (κ3) is 1.57. The minimum atomic E-state index is -0.363. The van der Waals surface area contributed by atoms with E-state index in [-0.39, 0.29) is 9.92 Å². The Balaban J connectivity index is 2.68. The topological polar surface area (TPSA) is 43.1 Å². The van der Waals surface area contributed by atoms with Gasteiger partial charge in [0.05, 0.1) is 4.92 Å². The Labute approximate surface area is 86.3 Å². The normalized spacial score (nSPS) is 10.5. The molecule has 1 heterocycles. The molecule has 0 atom stereocenters. The number of thiophene rings is 1. The van der Waals surface area contributed by atoms with E-state index in [1.165, 1.54) is 11.3 Å². The van der Waals surface area contributed by atoms with Crippen LogP contribution in [0.3, 0.4) is 0 Å². The fourth-order valence-electron chi connectivity index (χ4n) is 1.09. The summed E-state index contributed by atoms with van der Waals surface area (Å²) in [4.78, 5) is 10.1. The first-order valence-electron chi connectivity index (χ1n) is 3.50. The highest BCUT2D eigenvalue weighted by atomic mass is 79.9. The van der Waals surface area contributed by atoms with Crippen molar-refractivity contribution in [2.75, 3.05) is 0 Å². The van der Waals surface area contributed by atoms with Crippen molar-refractivity contribution in [2.45, 2.75) is 0 Å². The van der Waals surface area contributed by atoms with Gasteiger partial charge in [0.25, 0.3) is 0 Å². The van der Waals surface area contributed by atoms with E-state index < -0.39 is 0 Å². The molecule has 0 saturated heterocycles. The summed E-state index contributed by atoms with van der Waals surface area (Å²) in [5, 5.41) is 11.6. The number of hydrogen-bond donors (Lipinski definition) is 0. The molecule has 5 heteroatoms. The quantitative estimate of drug-likeness (QED) is 0.579. The molecule has 0 aliphatic rings. The van der Waals surface area contributed by atoms with Crippen LogP contribution in [0.1, 0.15) is 0 Å². The number of nitro groups is 1. The van der Waals surface area contributed by atoms with Crippen LogP contribution in [-0.4, -0.2) is 4.92 Å². The summed E-state index contributed by atoms with van der Waals surface area (Å²) < 4.78 is 1.88. The molecular formula is C8H4BrNO2S. The van der Waals surface area contributed by atoms with Gasteiger partial charge in [0.2, 0.25) is 0 Å². The molecule has 13 heavy (non-hydrogen) atoms. The smallest absolute Gasteiger partial charge is 0.258 e. The zero-order chi connectivity index (χ0) is 9.42. The van der Waals surface area contributed by atoms with E-state index in [0.717, 1.165) is 14.6 Å². The summed E-state index contributed by atoms with van der Waals surface area (Å²) in [5.41, 5.74) is 0. The molecule has 0 spiro atoms. The molecule has 1 aromatic heterocycles. The van der Waals surface area contributed by atoms with Gasteiger partial charge in [0, 0.05) is 20.6 Å². The van der Waals surface area contributed by atoms with Crippen LogP contribution < -0.4 is 0 Å². The van der Waals surface area contributed by atoms with Crippen molar-refractivity contribution in [3.63, 3.8) is 0 Å². The summed E-state index contributed by atoms with van der Waals surface area (Å²) in [6, 6.07) is 7.21. The maximum atomic E-state index is 10.5. The minimum absolute atomic E-state index is 0.188. The second-order valence-electron chi connectivity index (χ2n) is 2.52. The summed E-state index contributed by atoms with van der Waals surface area (Å²) in [6.07, 6.45) is 0. The standard InChI is InChI=1S/C8H4BrNO2S/c9-6-1-2-7-5(3-6)4-8(13-7)10(11)12/h1-4H. The average Bonchev–Trinajstić information content (AvgIpc) is 2.46. The van der Waals surface area contributed by atoms with Gasteiger partial charge in [-0.25, -0.2) is 0 Å². The predicted molar refractivity (Wildman–Crippen MR) is 56.2 cm³/mol. The molecule has 0 amide bonds. The van der Waals surface area contributed by atoms with E-state index in [1.54, 1.807) is 6.07 Å². The highest BCUT2D eigenvalue weighted by Crippen LogP contribution is 2.32. The lowest BCUT2D eigenvalue weighted by Gasteiger charge is -1.87. The van der Waals surface area contributed by atoms with Gasteiger partial charge in [0.15, 0.2) is 0 Å². The lowest BCUT2D eigenvalue weighted by molar-refractivity contribution is -0.380. The SMILES string of the molecule is O=[N+]([O-])c1cc2cc(Br)ccc2s1. The molecule has 0 aliphatic carbocycles. The molecule has 2 rings (SSSR count). The first-order chi connectivity index (χ1) is 6.16. The van der Waals surface area contributed by atoms with E-state index in [9.17, 15) is 10.1 Å². The summed E-state index contributed by atoms with van der Waals surface area (Å²) in [5.74, 6) is 0. The van der Waals surface area contributed by atoms with E-state index in [1.807, 2.05) is 18.2 Å². The number of halogens is 1. The third-order valence-corrected chi connectivity index (χ3v) is 3.21. The largest absolute Gasteiger partial charge is 0.325 e. The van der Waals surface area contributed by atoms with Crippen molar-refractivity contribution in [3.8, 4) is 0 Å². The summed E-state index contributed by atoms with van der Waals surface area (Å²) in [6.45, 7) is 0. The molecule has 2 aromatic rings. The fraction of sp³-hybridized carbons (Fsp3) is 0. The summed E-state index contributed by atoms with van der Waals surface area (Å²) >= 11 is 4.51. The van der Waals surface area contributed by atoms with Crippen molar-refractivity contribution in [3.05, 3.63) is 38.9 Å². The van der Waals surface area contributed by atoms with E-state index in [2.05, 4.69) is 15.9 Å². The Morgan fingerprint density at radius 2 is 2.15 bits per heavy atom. The van der Waals surface area contributed by atoms with Gasteiger partial charge >= 0.3 is 5.00 Å². The molecule has 0 aliphatic heterocycles. The molecule has 3 nitrogen and oxygen atoms in total. The molecule has 0 radical (unpaired) electrons. The van der Waals surface area contributed by atoms with Gasteiger partial charge < -0.3 is 0 Å². The van der Waals surface area contributed by atoms with Gasteiger partial charge in [-0.2, -0.15) is 0 Å². The van der Waals surface area contributed by atoms with Crippen molar-refractivity contribution < 1.29 is 4.92 Å². The highest BCUT2D eigenvalue weighted by molar-refractivity contribution is 9.10. The van der Waals surface area contributed by atoms with E-state index >= 15 is 0 Å². The van der Waals surface area contributed by atoms with Gasteiger partial charge in [-0.3, -0.25) is 10.1 Å². The third-order valence-electron chi connectivity index (χ3n) is 1.65. The Hall–Kier alpha value is -0.940. The Bertz CT molecular complexity index is 480. The Morgan fingerprint density at radius 1 is 1.38 bits per heavy atom. The summed E-state index contributed by atoms with van der Waals surface area (Å²) in [7, 11) is 0. The van der Waals surface area contributed by atoms with Gasteiger partial charge in [-0.1, -0.05) is 27.3 Å². The second-order valence-corrected chi connectivity index (χ2v) is 4.50. The lowest BCUT2D eigenvalue weighted by atomic mass is 10.3. The molecule has 66 valence electrons. The zero-order valence-corrected chi connectivity index (χ0v) is 8.76. The Morgan fingerprint density at radius 3 is 2.85 bits per heavy atom. The minimum Gasteiger partial charge on any atom is -0.258 e. The zero-order valence-electron chi connectivity index (χ0n) is 6.36. The highest BCUT2D eigenvalue weighted by Gasteiger charge is 2.10. The fourth-order valence-corrected chi connectivity index (χ4v) is 2.33. The molecule has 0 saturated carbocycles. The van der Waals surface area contributed by atoms with Crippen LogP contribution in [0.5, 0.6) is 0 Å². The van der Waals surface area contributed by atoms with Crippen LogP contribution in [-0.2, 0) is 0 Å². The lowest BCUT2D eigenvalue weighted by Crippen LogP contribution is -1.80. The molecule has 0 bridgehead atoms. The van der Waals surface area contributed by atoms with Gasteiger partial charge in [-0.15, -0.1) is 0 Å². The first-order valence-corrected chi connectivity index (χ1v) is 5.11. The van der Waals surface area contributed by atoms with Crippen molar-refractivity contribution >= 4 is 42.4 Å². The van der Waals surface area contributed by atoms with Gasteiger partial charge in [-0.05, 0) is 18.2 Å². The molecule has 1 aromatic carbocycles. The van der Waals surface area contributed by atoms with Crippen LogP contribution in [0.25, 0.3) is 10.1 Å². The van der Waals surface area contributed by atoms with Crippen LogP contribution >= 0.6 is 27.3 Å². The van der Waals surface area contributed by atoms with Crippen LogP contribution in [0.4, 0.5) is 5.00 Å². The number of nitrogens with zero attached hydrogens (tertiary/aromatic N) is 1. The van der Waals surface area contributed by atoms with Crippen molar-refractivity contribution in [1.82, 2.24) is 0 Å². The first kappa shape index (κ1) is 8.65. The van der Waals surface area contributed by atoms with Crippen LogP contribution in [0.2, 0.25) is 0 Å². The predicted octanol–water partition coefficient (Wildman–Crippen LogP) is 3.57.